The summed E-state index contributed by atoms with van der Waals surface area (Å²) in [5, 5.41) is 6.19. The molecule has 9 heteroatoms. The molecule has 0 saturated heterocycles. The van der Waals surface area contributed by atoms with Crippen molar-refractivity contribution in [3.63, 3.8) is 0 Å². The summed E-state index contributed by atoms with van der Waals surface area (Å²) in [6, 6.07) is -0.495. The first-order valence-corrected chi connectivity index (χ1v) is 9.67. The van der Waals surface area contributed by atoms with Crippen LogP contribution in [0, 0.1) is 0 Å². The van der Waals surface area contributed by atoms with Crippen LogP contribution < -0.4 is 16.4 Å². The van der Waals surface area contributed by atoms with Gasteiger partial charge in [-0.15, -0.1) is 11.3 Å². The molecule has 0 aromatic carbocycles. The van der Waals surface area contributed by atoms with Crippen molar-refractivity contribution in [1.29, 1.82) is 0 Å². The molecular formula is C15H19N5O2S2. The van der Waals surface area contributed by atoms with Gasteiger partial charge in [-0.25, -0.2) is 14.8 Å². The number of hydrogen-bond donors (Lipinski definition) is 3. The highest BCUT2D eigenvalue weighted by molar-refractivity contribution is 7.99. The predicted octanol–water partition coefficient (Wildman–Crippen LogP) is 2.09. The minimum Gasteiger partial charge on any atom is -0.383 e. The van der Waals surface area contributed by atoms with Gasteiger partial charge in [0.1, 0.15) is 10.6 Å². The van der Waals surface area contributed by atoms with Gasteiger partial charge in [0.15, 0.2) is 5.16 Å². The number of nitrogens with two attached hydrogens (primary N) is 1. The topological polar surface area (TPSA) is 110 Å². The van der Waals surface area contributed by atoms with Gasteiger partial charge in [-0.05, 0) is 38.2 Å². The van der Waals surface area contributed by atoms with Crippen molar-refractivity contribution in [2.45, 2.75) is 37.8 Å². The fourth-order valence-corrected chi connectivity index (χ4v) is 4.71. The number of aryl methyl sites for hydroxylation is 2. The maximum Gasteiger partial charge on any atom is 0.321 e. The van der Waals surface area contributed by atoms with E-state index in [1.807, 2.05) is 0 Å². The highest BCUT2D eigenvalue weighted by atomic mass is 32.2. The zero-order valence-corrected chi connectivity index (χ0v) is 15.0. The molecule has 7 nitrogen and oxygen atoms in total. The molecule has 1 aliphatic carbocycles. The number of amides is 3. The fourth-order valence-electron chi connectivity index (χ4n) is 2.73. The number of rotatable bonds is 4. The number of thioether (sulfide) groups is 1. The van der Waals surface area contributed by atoms with Crippen molar-refractivity contribution >= 4 is 51.1 Å². The smallest absolute Gasteiger partial charge is 0.321 e. The first-order valence-electron chi connectivity index (χ1n) is 7.86. The van der Waals surface area contributed by atoms with Gasteiger partial charge < -0.3 is 11.1 Å². The van der Waals surface area contributed by atoms with Crippen LogP contribution in [0.2, 0.25) is 0 Å². The Kier molecular flexibility index (Phi) is 5.20. The van der Waals surface area contributed by atoms with Gasteiger partial charge in [0.05, 0.1) is 11.1 Å². The van der Waals surface area contributed by atoms with Crippen molar-refractivity contribution in [3.05, 3.63) is 10.4 Å². The van der Waals surface area contributed by atoms with Crippen LogP contribution in [0.4, 0.5) is 10.6 Å². The Morgan fingerprint density at radius 2 is 2.08 bits per heavy atom. The molecule has 0 fully saturated rings. The molecule has 0 unspecified atom stereocenters. The van der Waals surface area contributed by atoms with E-state index in [1.165, 1.54) is 35.0 Å². The number of thiophene rings is 1. The molecule has 24 heavy (non-hydrogen) atoms. The van der Waals surface area contributed by atoms with Crippen LogP contribution in [0.3, 0.4) is 0 Å². The third-order valence-corrected chi connectivity index (χ3v) is 5.78. The lowest BCUT2D eigenvalue weighted by atomic mass is 9.97. The molecule has 0 bridgehead atoms. The molecule has 0 aliphatic heterocycles. The first kappa shape index (κ1) is 17.0. The number of hydrogen-bond acceptors (Lipinski definition) is 7. The van der Waals surface area contributed by atoms with Crippen molar-refractivity contribution < 1.29 is 9.59 Å². The minimum absolute atomic E-state index is 0.0627. The van der Waals surface area contributed by atoms with Crippen molar-refractivity contribution in [2.24, 2.45) is 0 Å². The van der Waals surface area contributed by atoms with Crippen molar-refractivity contribution in [3.8, 4) is 0 Å². The Labute approximate surface area is 147 Å². The molecule has 0 saturated carbocycles. The molecule has 0 atom stereocenters. The van der Waals surface area contributed by atoms with Crippen molar-refractivity contribution in [2.75, 3.05) is 18.0 Å². The van der Waals surface area contributed by atoms with Gasteiger partial charge in [0.25, 0.3) is 0 Å². The van der Waals surface area contributed by atoms with Gasteiger partial charge in [0, 0.05) is 11.4 Å². The number of fused-ring (bicyclic) bond motifs is 3. The summed E-state index contributed by atoms with van der Waals surface area (Å²) in [5.41, 5.74) is 7.43. The van der Waals surface area contributed by atoms with E-state index in [9.17, 15) is 9.59 Å². The van der Waals surface area contributed by atoms with Crippen LogP contribution >= 0.6 is 23.1 Å². The van der Waals surface area contributed by atoms with E-state index in [2.05, 4.69) is 20.6 Å². The monoisotopic (exact) mass is 365 g/mol. The zero-order chi connectivity index (χ0) is 17.1. The lowest BCUT2D eigenvalue weighted by Gasteiger charge is -2.10. The Balaban J connectivity index is 1.72. The van der Waals surface area contributed by atoms with Crippen LogP contribution in [0.25, 0.3) is 10.2 Å². The molecule has 2 aromatic rings. The first-order chi connectivity index (χ1) is 11.6. The normalized spacial score (nSPS) is 13.5. The van der Waals surface area contributed by atoms with Gasteiger partial charge in [0.2, 0.25) is 5.91 Å². The summed E-state index contributed by atoms with van der Waals surface area (Å²) in [5.74, 6) is 0.150. The quantitative estimate of drug-likeness (QED) is 0.565. The summed E-state index contributed by atoms with van der Waals surface area (Å²) in [4.78, 5) is 34.1. The molecule has 128 valence electrons. The van der Waals surface area contributed by atoms with Gasteiger partial charge in [-0.3, -0.25) is 10.1 Å². The highest BCUT2D eigenvalue weighted by Crippen LogP contribution is 2.38. The fraction of sp³-hybridized carbons (Fsp3) is 0.467. The second-order valence-electron chi connectivity index (χ2n) is 5.48. The Bertz CT molecular complexity index is 790. The molecule has 2 aromatic heterocycles. The lowest BCUT2D eigenvalue weighted by molar-refractivity contribution is -0.117. The van der Waals surface area contributed by atoms with E-state index in [1.54, 1.807) is 18.3 Å². The average molecular weight is 365 g/mol. The maximum absolute atomic E-state index is 11.7. The molecule has 1 aliphatic rings. The van der Waals surface area contributed by atoms with Gasteiger partial charge in [-0.1, -0.05) is 11.8 Å². The average Bonchev–Trinajstić information content (AvgIpc) is 2.92. The number of urea groups is 1. The van der Waals surface area contributed by atoms with Crippen LogP contribution in [-0.2, 0) is 17.6 Å². The standard InChI is InChI=1S/C15H19N5O2S2/c1-2-17-14(22)18-10(21)7-23-15-19-12(16)11-8-5-3-4-6-9(8)24-13(11)20-15/h2-7H2,1H3,(H2,16,19,20)(H2,17,18,21,22). The SMILES string of the molecule is CCNC(=O)NC(=O)CSc1nc(N)c2c3c(sc2n1)CCCC3. The zero-order valence-electron chi connectivity index (χ0n) is 13.3. The summed E-state index contributed by atoms with van der Waals surface area (Å²) in [6.45, 7) is 2.25. The summed E-state index contributed by atoms with van der Waals surface area (Å²) >= 11 is 2.85. The summed E-state index contributed by atoms with van der Waals surface area (Å²) in [6.07, 6.45) is 4.49. The third-order valence-electron chi connectivity index (χ3n) is 3.74. The van der Waals surface area contributed by atoms with E-state index in [0.717, 1.165) is 23.1 Å². The second kappa shape index (κ2) is 7.35. The second-order valence-corrected chi connectivity index (χ2v) is 7.50. The maximum atomic E-state index is 11.7. The van der Waals surface area contributed by atoms with E-state index < -0.39 is 11.9 Å². The third kappa shape index (κ3) is 3.62. The van der Waals surface area contributed by atoms with Crippen LogP contribution in [0.1, 0.15) is 30.2 Å². The Morgan fingerprint density at radius 3 is 2.88 bits per heavy atom. The molecule has 0 spiro atoms. The largest absolute Gasteiger partial charge is 0.383 e. The van der Waals surface area contributed by atoms with Crippen LogP contribution in [0.15, 0.2) is 5.16 Å². The number of carbonyl (C=O) groups is 2. The molecular weight excluding hydrogens is 346 g/mol. The van der Waals surface area contributed by atoms with Crippen LogP contribution in [-0.4, -0.2) is 34.2 Å². The van der Waals surface area contributed by atoms with E-state index in [4.69, 9.17) is 5.73 Å². The number of imide groups is 1. The Hall–Kier alpha value is -1.87. The minimum atomic E-state index is -0.495. The number of nitrogens with one attached hydrogen (secondary N) is 2. The van der Waals surface area contributed by atoms with E-state index in [-0.39, 0.29) is 5.75 Å². The number of anilines is 1. The van der Waals surface area contributed by atoms with E-state index in [0.29, 0.717) is 17.5 Å². The lowest BCUT2D eigenvalue weighted by Crippen LogP contribution is -2.40. The number of carbonyl (C=O) groups excluding carboxylic acids is 2. The number of nitrogens with zero attached hydrogens (tertiary/aromatic N) is 2. The van der Waals surface area contributed by atoms with Crippen LogP contribution in [0.5, 0.6) is 0 Å². The molecule has 3 rings (SSSR count). The van der Waals surface area contributed by atoms with E-state index >= 15 is 0 Å². The van der Waals surface area contributed by atoms with Gasteiger partial charge in [-0.2, -0.15) is 0 Å². The highest BCUT2D eigenvalue weighted by Gasteiger charge is 2.20. The van der Waals surface area contributed by atoms with Crippen molar-refractivity contribution in [1.82, 2.24) is 20.6 Å². The molecule has 2 heterocycles. The number of aromatic nitrogens is 2. The summed E-state index contributed by atoms with van der Waals surface area (Å²) < 4.78 is 0. The van der Waals surface area contributed by atoms with Gasteiger partial charge >= 0.3 is 6.03 Å². The number of nitrogen functional groups attached to an aromatic ring is 1. The molecule has 4 N–H and O–H groups in total. The predicted molar refractivity (Wildman–Crippen MR) is 96.4 cm³/mol. The molecule has 3 amide bonds. The summed E-state index contributed by atoms with van der Waals surface area (Å²) in [7, 11) is 0. The molecule has 0 radical (unpaired) electrons. The Morgan fingerprint density at radius 1 is 1.29 bits per heavy atom.